The Bertz CT molecular complexity index is 4510. The summed E-state index contributed by atoms with van der Waals surface area (Å²) in [4.78, 5) is 2.47. The summed E-state index contributed by atoms with van der Waals surface area (Å²) in [5.41, 5.74) is 24.9. The highest BCUT2D eigenvalue weighted by Gasteiger charge is 2.45. The SMILES string of the molecule is C=Cc1ccc(OCC[Si](C)(C)CCCC2(c3ccccc3)c3ccccc3-c3ccc(N(c4ccc(-c5ccc(C(C)(C)C)cc5)cc4)c4ccc(-c5ccc6c(c5)c5cc(-c7ccc(C=C)cc7)ccc5n6-c5ccc(C=C)cc5)cc4)cc32)cc1. The van der Waals surface area contributed by atoms with E-state index in [1.54, 1.807) is 0 Å². The van der Waals surface area contributed by atoms with E-state index in [9.17, 15) is 0 Å². The largest absolute Gasteiger partial charge is 0.494 e. The van der Waals surface area contributed by atoms with Gasteiger partial charge in [-0.25, -0.2) is 0 Å². The van der Waals surface area contributed by atoms with E-state index in [1.165, 1.54) is 72.5 Å². The van der Waals surface area contributed by atoms with Crippen molar-refractivity contribution in [2.75, 3.05) is 11.5 Å². The third kappa shape index (κ3) is 11.1. The minimum atomic E-state index is -1.67. The van der Waals surface area contributed by atoms with Crippen LogP contribution in [0.2, 0.25) is 25.2 Å². The molecule has 4 heteroatoms. The zero-order valence-electron chi connectivity index (χ0n) is 51.4. The first-order valence-corrected chi connectivity index (χ1v) is 34.5. The average molecular weight is 1160 g/mol. The molecule has 1 aliphatic carbocycles. The Morgan fingerprint density at radius 3 is 1.48 bits per heavy atom. The number of fused-ring (bicyclic) bond motifs is 6. The summed E-state index contributed by atoms with van der Waals surface area (Å²) in [6.45, 7) is 24.6. The van der Waals surface area contributed by atoms with Crippen LogP contribution >= 0.6 is 0 Å². The van der Waals surface area contributed by atoms with E-state index in [-0.39, 0.29) is 10.8 Å². The second-order valence-electron chi connectivity index (χ2n) is 25.6. The van der Waals surface area contributed by atoms with E-state index in [0.29, 0.717) is 0 Å². The van der Waals surface area contributed by atoms with E-state index in [2.05, 4.69) is 318 Å². The van der Waals surface area contributed by atoms with Gasteiger partial charge >= 0.3 is 0 Å². The maximum atomic E-state index is 6.35. The summed E-state index contributed by atoms with van der Waals surface area (Å²) in [5, 5.41) is 2.41. The Morgan fingerprint density at radius 2 is 0.920 bits per heavy atom. The molecule has 12 aromatic rings. The summed E-state index contributed by atoms with van der Waals surface area (Å²) < 4.78 is 8.74. The van der Waals surface area contributed by atoms with Crippen LogP contribution in [-0.4, -0.2) is 19.2 Å². The lowest BCUT2D eigenvalue weighted by atomic mass is 9.69. The molecule has 0 saturated heterocycles. The molecule has 0 spiro atoms. The predicted octanol–water partition coefficient (Wildman–Crippen LogP) is 23.4. The number of nitrogens with zero attached hydrogens (tertiary/aromatic N) is 2. The second-order valence-corrected chi connectivity index (χ2v) is 30.9. The van der Waals surface area contributed by atoms with Crippen LogP contribution in [0.5, 0.6) is 5.75 Å². The fraction of sp³-hybridized carbons (Fsp3) is 0.143. The van der Waals surface area contributed by atoms with Gasteiger partial charge in [-0.05, 0) is 186 Å². The Labute approximate surface area is 521 Å². The zero-order chi connectivity index (χ0) is 60.6. The van der Waals surface area contributed by atoms with Gasteiger partial charge in [0, 0.05) is 38.9 Å². The molecular formula is C84H76N2OSi. The Balaban J connectivity index is 0.892. The number of hydrogen-bond acceptors (Lipinski definition) is 2. The molecule has 432 valence electrons. The van der Waals surface area contributed by atoms with E-state index < -0.39 is 8.07 Å². The Kier molecular flexibility index (Phi) is 15.5. The molecule has 88 heavy (non-hydrogen) atoms. The number of anilines is 3. The molecule has 0 aliphatic heterocycles. The standard InChI is InChI=1S/C84H76N2OSi/c1-9-59-22-28-64(29-23-59)66-36-50-81-77(56-66)78-57-67(37-51-82(78)86(81)72-40-24-60(10-2)25-41-72)65-34-44-71(45-35-65)85(70-42-32-63(33-43-70)62-30-38-68(39-31-62)83(4,5)6)73-46-49-76-75-20-15-16-21-79(75)84(80(76)58-73,69-18-13-12-14-19-69)52-17-54-88(7,8)55-53-87-74-47-26-61(11-3)27-48-74/h9-16,18-51,56-58H,1-3,17,52-55H2,4-8H3. The quantitative estimate of drug-likeness (QED) is 0.0751. The summed E-state index contributed by atoms with van der Waals surface area (Å²) in [5.74, 6) is 0.922. The average Bonchev–Trinajstić information content (AvgIpc) is 1.60. The van der Waals surface area contributed by atoms with Crippen LogP contribution < -0.4 is 9.64 Å². The van der Waals surface area contributed by atoms with Crippen molar-refractivity contribution >= 4 is 65.2 Å². The minimum absolute atomic E-state index is 0.0799. The van der Waals surface area contributed by atoms with Crippen molar-refractivity contribution in [1.29, 1.82) is 0 Å². The summed E-state index contributed by atoms with van der Waals surface area (Å²) in [6.07, 6.45) is 7.77. The molecule has 11 aromatic carbocycles. The van der Waals surface area contributed by atoms with Gasteiger partial charge < -0.3 is 14.2 Å². The van der Waals surface area contributed by atoms with Gasteiger partial charge in [-0.15, -0.1) is 0 Å². The van der Waals surface area contributed by atoms with Crippen molar-refractivity contribution in [2.45, 2.75) is 69.6 Å². The van der Waals surface area contributed by atoms with Crippen LogP contribution in [0.4, 0.5) is 17.1 Å². The zero-order valence-corrected chi connectivity index (χ0v) is 52.4. The molecule has 1 unspecified atom stereocenters. The maximum absolute atomic E-state index is 6.35. The van der Waals surface area contributed by atoms with Gasteiger partial charge in [0.05, 0.1) is 25.7 Å². The number of rotatable bonds is 19. The summed E-state index contributed by atoms with van der Waals surface area (Å²) >= 11 is 0. The molecule has 0 bridgehead atoms. The van der Waals surface area contributed by atoms with Crippen LogP contribution in [-0.2, 0) is 10.8 Å². The number of ether oxygens (including phenoxy) is 1. The molecular weight excluding hydrogens is 1080 g/mol. The summed E-state index contributed by atoms with van der Waals surface area (Å²) in [7, 11) is -1.67. The van der Waals surface area contributed by atoms with E-state index >= 15 is 0 Å². The van der Waals surface area contributed by atoms with E-state index in [4.69, 9.17) is 4.74 Å². The topological polar surface area (TPSA) is 17.4 Å². The number of hydrogen-bond donors (Lipinski definition) is 0. The third-order valence-electron chi connectivity index (χ3n) is 18.5. The Morgan fingerprint density at radius 1 is 0.455 bits per heavy atom. The lowest BCUT2D eigenvalue weighted by Gasteiger charge is -2.35. The molecule has 1 heterocycles. The highest BCUT2D eigenvalue weighted by Crippen LogP contribution is 2.57. The van der Waals surface area contributed by atoms with Crippen molar-refractivity contribution in [3.63, 3.8) is 0 Å². The van der Waals surface area contributed by atoms with Crippen LogP contribution in [0.15, 0.2) is 275 Å². The first kappa shape index (κ1) is 57.3. The van der Waals surface area contributed by atoms with Gasteiger partial charge in [0.15, 0.2) is 0 Å². The highest BCUT2D eigenvalue weighted by atomic mass is 28.3. The van der Waals surface area contributed by atoms with Gasteiger partial charge in [0.2, 0.25) is 0 Å². The van der Waals surface area contributed by atoms with E-state index in [1.807, 2.05) is 18.2 Å². The van der Waals surface area contributed by atoms with Gasteiger partial charge in [-0.1, -0.05) is 254 Å². The molecule has 1 aromatic heterocycles. The third-order valence-corrected chi connectivity index (χ3v) is 21.8. The van der Waals surface area contributed by atoms with Crippen molar-refractivity contribution < 1.29 is 4.74 Å². The fourth-order valence-corrected chi connectivity index (χ4v) is 15.5. The molecule has 0 radical (unpaired) electrons. The van der Waals surface area contributed by atoms with Crippen LogP contribution in [0.3, 0.4) is 0 Å². The first-order chi connectivity index (χ1) is 42.8. The van der Waals surface area contributed by atoms with Crippen molar-refractivity contribution in [1.82, 2.24) is 4.57 Å². The van der Waals surface area contributed by atoms with Gasteiger partial charge in [-0.3, -0.25) is 0 Å². The predicted molar refractivity (Wildman–Crippen MR) is 381 cm³/mol. The number of benzene rings is 11. The number of aromatic nitrogens is 1. The molecule has 0 fully saturated rings. The molecule has 1 aliphatic rings. The van der Waals surface area contributed by atoms with Crippen molar-refractivity contribution in [3.05, 3.63) is 313 Å². The van der Waals surface area contributed by atoms with Crippen molar-refractivity contribution in [2.24, 2.45) is 0 Å². The van der Waals surface area contributed by atoms with Crippen LogP contribution in [0.25, 0.3) is 90.2 Å². The van der Waals surface area contributed by atoms with Crippen LogP contribution in [0, 0.1) is 0 Å². The molecule has 3 nitrogen and oxygen atoms in total. The van der Waals surface area contributed by atoms with E-state index in [0.717, 1.165) is 92.8 Å². The lowest BCUT2D eigenvalue weighted by Crippen LogP contribution is -2.31. The van der Waals surface area contributed by atoms with Crippen molar-refractivity contribution in [3.8, 4) is 55.9 Å². The normalized spacial score (nSPS) is 13.7. The first-order valence-electron chi connectivity index (χ1n) is 31.1. The monoisotopic (exact) mass is 1160 g/mol. The molecule has 0 saturated carbocycles. The molecule has 1 atom stereocenters. The lowest BCUT2D eigenvalue weighted by molar-refractivity contribution is 0.338. The minimum Gasteiger partial charge on any atom is -0.494 e. The second kappa shape index (κ2) is 23.8. The van der Waals surface area contributed by atoms with Gasteiger partial charge in [-0.2, -0.15) is 0 Å². The molecule has 13 rings (SSSR count). The smallest absolute Gasteiger partial charge is 0.119 e. The fourth-order valence-electron chi connectivity index (χ4n) is 13.5. The Hall–Kier alpha value is -9.74. The highest BCUT2D eigenvalue weighted by molar-refractivity contribution is 6.77. The molecule has 0 N–H and O–H groups in total. The summed E-state index contributed by atoms with van der Waals surface area (Å²) in [6, 6.07) is 97.1. The molecule has 0 amide bonds. The maximum Gasteiger partial charge on any atom is 0.119 e. The van der Waals surface area contributed by atoms with Gasteiger partial charge in [0.25, 0.3) is 0 Å². The van der Waals surface area contributed by atoms with Gasteiger partial charge in [0.1, 0.15) is 5.75 Å². The van der Waals surface area contributed by atoms with Crippen LogP contribution in [0.1, 0.15) is 72.6 Å².